The minimum absolute atomic E-state index is 0.0394. The van der Waals surface area contributed by atoms with Gasteiger partial charge in [-0.25, -0.2) is 4.98 Å². The zero-order chi connectivity index (χ0) is 16.4. The van der Waals surface area contributed by atoms with Crippen LogP contribution in [-0.2, 0) is 13.0 Å². The van der Waals surface area contributed by atoms with Crippen molar-refractivity contribution in [3.05, 3.63) is 39.4 Å². The summed E-state index contributed by atoms with van der Waals surface area (Å²) in [6.45, 7) is 2.61. The maximum absolute atomic E-state index is 6.16. The Morgan fingerprint density at radius 2 is 2.35 bits per heavy atom. The minimum Gasteiger partial charge on any atom is -0.491 e. The second kappa shape index (κ2) is 6.78. The highest BCUT2D eigenvalue weighted by atomic mass is 35.5. The molecule has 0 spiro atoms. The summed E-state index contributed by atoms with van der Waals surface area (Å²) in [6, 6.07) is 5.81. The smallest absolute Gasteiger partial charge is 0.186 e. The summed E-state index contributed by atoms with van der Waals surface area (Å²) in [7, 11) is 1.59. The first kappa shape index (κ1) is 16.1. The molecule has 3 N–H and O–H groups in total. The molecule has 0 fully saturated rings. The first-order chi connectivity index (χ1) is 11.1. The van der Waals surface area contributed by atoms with Gasteiger partial charge in [-0.05, 0) is 18.4 Å². The molecule has 0 aliphatic rings. The first-order valence-corrected chi connectivity index (χ1v) is 8.52. The third-order valence-corrected chi connectivity index (χ3v) is 4.45. The largest absolute Gasteiger partial charge is 0.491 e. The molecule has 0 aliphatic heterocycles. The number of rotatable bonds is 6. The van der Waals surface area contributed by atoms with E-state index in [1.54, 1.807) is 24.5 Å². The number of pyridine rings is 1. The molecule has 3 aromatic rings. The number of fused-ring (bicyclic) bond motifs is 1. The summed E-state index contributed by atoms with van der Waals surface area (Å²) in [4.78, 5) is 5.57. The van der Waals surface area contributed by atoms with Gasteiger partial charge in [0.05, 0.1) is 12.8 Å². The third kappa shape index (κ3) is 3.44. The van der Waals surface area contributed by atoms with Crippen LogP contribution in [0.25, 0.3) is 11.1 Å². The Bertz CT molecular complexity index is 799. The number of furan rings is 1. The molecule has 0 aliphatic carbocycles. The highest BCUT2D eigenvalue weighted by molar-refractivity contribution is 7.09. The monoisotopic (exact) mass is 351 g/mol. The van der Waals surface area contributed by atoms with Gasteiger partial charge in [0.1, 0.15) is 5.15 Å². The summed E-state index contributed by atoms with van der Waals surface area (Å²) in [5.41, 5.74) is 7.93. The summed E-state index contributed by atoms with van der Waals surface area (Å²) in [6.07, 6.45) is 0.571. The molecule has 0 saturated carbocycles. The lowest BCUT2D eigenvalue weighted by molar-refractivity contribution is 0.392. The van der Waals surface area contributed by atoms with Crippen LogP contribution >= 0.6 is 22.9 Å². The molecular weight excluding hydrogens is 334 g/mol. The van der Waals surface area contributed by atoms with Crippen LogP contribution in [0, 0.1) is 0 Å². The second-order valence-corrected chi connectivity index (χ2v) is 6.76. The van der Waals surface area contributed by atoms with Crippen molar-refractivity contribution < 1.29 is 9.15 Å². The van der Waals surface area contributed by atoms with Gasteiger partial charge in [-0.1, -0.05) is 17.7 Å². The lowest BCUT2D eigenvalue weighted by Crippen LogP contribution is -2.17. The van der Waals surface area contributed by atoms with Crippen LogP contribution in [0.2, 0.25) is 5.15 Å². The Kier molecular flexibility index (Phi) is 4.75. The van der Waals surface area contributed by atoms with E-state index >= 15 is 0 Å². The van der Waals surface area contributed by atoms with E-state index in [0.717, 1.165) is 5.69 Å². The zero-order valence-electron chi connectivity index (χ0n) is 12.9. The first-order valence-electron chi connectivity index (χ1n) is 7.26. The van der Waals surface area contributed by atoms with Crippen molar-refractivity contribution in [2.24, 2.45) is 5.73 Å². The zero-order valence-corrected chi connectivity index (χ0v) is 14.5. The maximum atomic E-state index is 6.16. The number of anilines is 1. The lowest BCUT2D eigenvalue weighted by atomic mass is 10.2. The SMILES string of the molecule is COc1c(C[C@H](C)N)oc2c(NCc3cccs3)cc(Cl)nc12. The topological polar surface area (TPSA) is 73.3 Å². The summed E-state index contributed by atoms with van der Waals surface area (Å²) in [5.74, 6) is 1.28. The van der Waals surface area contributed by atoms with Gasteiger partial charge in [0.25, 0.3) is 0 Å². The van der Waals surface area contributed by atoms with Gasteiger partial charge < -0.3 is 20.2 Å². The van der Waals surface area contributed by atoms with Gasteiger partial charge in [0, 0.05) is 30.0 Å². The molecule has 0 unspecified atom stereocenters. The average molecular weight is 352 g/mol. The molecule has 1 atom stereocenters. The number of hydrogen-bond acceptors (Lipinski definition) is 6. The molecule has 0 amide bonds. The van der Waals surface area contributed by atoms with E-state index < -0.39 is 0 Å². The van der Waals surface area contributed by atoms with Crippen molar-refractivity contribution in [1.29, 1.82) is 0 Å². The molecule has 0 aromatic carbocycles. The molecule has 5 nitrogen and oxygen atoms in total. The number of methoxy groups -OCH3 is 1. The van der Waals surface area contributed by atoms with E-state index in [1.807, 2.05) is 18.4 Å². The van der Waals surface area contributed by atoms with Crippen molar-refractivity contribution >= 4 is 39.7 Å². The maximum Gasteiger partial charge on any atom is 0.186 e. The van der Waals surface area contributed by atoms with Crippen molar-refractivity contribution in [3.63, 3.8) is 0 Å². The van der Waals surface area contributed by atoms with E-state index in [4.69, 9.17) is 26.5 Å². The quantitative estimate of drug-likeness (QED) is 0.655. The summed E-state index contributed by atoms with van der Waals surface area (Å²) in [5, 5.41) is 5.79. The highest BCUT2D eigenvalue weighted by Gasteiger charge is 2.20. The minimum atomic E-state index is -0.0394. The predicted molar refractivity (Wildman–Crippen MR) is 94.6 cm³/mol. The standard InChI is InChI=1S/C16H18ClN3O2S/c1-9(18)6-12-16(21-2)14-15(22-12)11(7-13(17)20-14)19-8-10-4-3-5-23-10/h3-5,7,9H,6,8,18H2,1-2H3,(H,19,20)/t9-/m0/s1. The number of hydrogen-bond donors (Lipinski definition) is 2. The highest BCUT2D eigenvalue weighted by Crippen LogP contribution is 2.37. The van der Waals surface area contributed by atoms with Crippen molar-refractivity contribution in [3.8, 4) is 5.75 Å². The van der Waals surface area contributed by atoms with Gasteiger partial charge in [0.15, 0.2) is 22.6 Å². The Morgan fingerprint density at radius 1 is 1.52 bits per heavy atom. The normalized spacial score (nSPS) is 12.5. The number of aromatic nitrogens is 1. The molecule has 0 bridgehead atoms. The van der Waals surface area contributed by atoms with Crippen LogP contribution in [0.3, 0.4) is 0 Å². The number of nitrogens with one attached hydrogen (secondary N) is 1. The molecule has 0 radical (unpaired) electrons. The van der Waals surface area contributed by atoms with Crippen LogP contribution in [0.1, 0.15) is 17.6 Å². The van der Waals surface area contributed by atoms with E-state index in [-0.39, 0.29) is 6.04 Å². The third-order valence-electron chi connectivity index (χ3n) is 3.38. The summed E-state index contributed by atoms with van der Waals surface area (Å²) >= 11 is 7.85. The number of nitrogens with zero attached hydrogens (tertiary/aromatic N) is 1. The number of ether oxygens (including phenoxy) is 1. The van der Waals surface area contributed by atoms with Crippen LogP contribution < -0.4 is 15.8 Å². The van der Waals surface area contributed by atoms with E-state index in [9.17, 15) is 0 Å². The van der Waals surface area contributed by atoms with Crippen molar-refractivity contribution in [2.45, 2.75) is 25.9 Å². The Hall–Kier alpha value is -1.76. The average Bonchev–Trinajstić information content (AvgIpc) is 3.11. The van der Waals surface area contributed by atoms with Crippen LogP contribution in [0.4, 0.5) is 5.69 Å². The Labute approximate surface area is 143 Å². The van der Waals surface area contributed by atoms with E-state index in [0.29, 0.717) is 40.7 Å². The number of nitrogens with two attached hydrogens (primary N) is 1. The lowest BCUT2D eigenvalue weighted by Gasteiger charge is -2.06. The van der Waals surface area contributed by atoms with Gasteiger partial charge in [0.2, 0.25) is 0 Å². The molecule has 3 heterocycles. The fourth-order valence-electron chi connectivity index (χ4n) is 2.43. The van der Waals surface area contributed by atoms with Crippen LogP contribution in [-0.4, -0.2) is 18.1 Å². The van der Waals surface area contributed by atoms with Gasteiger partial charge >= 0.3 is 0 Å². The van der Waals surface area contributed by atoms with E-state index in [2.05, 4.69) is 16.4 Å². The molecule has 0 saturated heterocycles. The molecule has 3 rings (SSSR count). The number of thiophene rings is 1. The molecule has 23 heavy (non-hydrogen) atoms. The van der Waals surface area contributed by atoms with Crippen LogP contribution in [0.5, 0.6) is 5.75 Å². The Balaban J connectivity index is 2.01. The fourth-order valence-corrected chi connectivity index (χ4v) is 3.26. The van der Waals surface area contributed by atoms with Crippen molar-refractivity contribution in [2.75, 3.05) is 12.4 Å². The predicted octanol–water partition coefficient (Wildman–Crippen LogP) is 4.05. The molecular formula is C16H18ClN3O2S. The fraction of sp³-hybridized carbons (Fsp3) is 0.312. The van der Waals surface area contributed by atoms with Crippen LogP contribution in [0.15, 0.2) is 28.0 Å². The molecule has 122 valence electrons. The Morgan fingerprint density at radius 3 is 3.00 bits per heavy atom. The molecule has 7 heteroatoms. The second-order valence-electron chi connectivity index (χ2n) is 5.34. The number of halogens is 1. The van der Waals surface area contributed by atoms with Crippen molar-refractivity contribution in [1.82, 2.24) is 4.98 Å². The summed E-state index contributed by atoms with van der Waals surface area (Å²) < 4.78 is 11.4. The van der Waals surface area contributed by atoms with Gasteiger partial charge in [-0.2, -0.15) is 0 Å². The van der Waals surface area contributed by atoms with Gasteiger partial charge in [-0.15, -0.1) is 11.3 Å². The van der Waals surface area contributed by atoms with Gasteiger partial charge in [-0.3, -0.25) is 0 Å². The molecule has 3 aromatic heterocycles. The van der Waals surface area contributed by atoms with E-state index in [1.165, 1.54) is 4.88 Å².